The average molecular weight is 279 g/mol. The van der Waals surface area contributed by atoms with Crippen molar-refractivity contribution < 1.29 is 8.78 Å². The van der Waals surface area contributed by atoms with E-state index >= 15 is 0 Å². The van der Waals surface area contributed by atoms with Crippen LogP contribution < -0.4 is 11.4 Å². The van der Waals surface area contributed by atoms with Crippen molar-refractivity contribution in [3.63, 3.8) is 0 Å². The standard InChI is InChI=1S/C14H15F2N3O/c15-9-3-8-4-10(1-2-12(8)13(16)5-9)19-11(6-17)7-18-14(19)20/h3,5,7,10H,1-2,4,6,17H2,(H,18,20). The molecule has 0 amide bonds. The van der Waals surface area contributed by atoms with Gasteiger partial charge in [-0.25, -0.2) is 13.6 Å². The van der Waals surface area contributed by atoms with Crippen molar-refractivity contribution in [2.24, 2.45) is 5.73 Å². The van der Waals surface area contributed by atoms with Gasteiger partial charge >= 0.3 is 5.69 Å². The third-order valence-electron chi connectivity index (χ3n) is 3.90. The summed E-state index contributed by atoms with van der Waals surface area (Å²) in [6, 6.07) is 2.15. The number of hydrogen-bond donors (Lipinski definition) is 2. The molecule has 0 aliphatic heterocycles. The maximum atomic E-state index is 13.7. The SMILES string of the molecule is NCc1c[nH]c(=O)n1C1CCc2c(F)cc(F)cc2C1. The van der Waals surface area contributed by atoms with Crippen LogP contribution in [0.5, 0.6) is 0 Å². The van der Waals surface area contributed by atoms with Gasteiger partial charge in [0.05, 0.1) is 5.69 Å². The molecule has 0 spiro atoms. The zero-order valence-electron chi connectivity index (χ0n) is 10.8. The van der Waals surface area contributed by atoms with Crippen LogP contribution in [0.15, 0.2) is 23.1 Å². The van der Waals surface area contributed by atoms with E-state index in [4.69, 9.17) is 5.73 Å². The summed E-state index contributed by atoms with van der Waals surface area (Å²) in [5.74, 6) is -1.08. The summed E-state index contributed by atoms with van der Waals surface area (Å²) in [5, 5.41) is 0. The maximum Gasteiger partial charge on any atom is 0.326 e. The summed E-state index contributed by atoms with van der Waals surface area (Å²) in [6.07, 6.45) is 3.16. The summed E-state index contributed by atoms with van der Waals surface area (Å²) in [4.78, 5) is 14.5. The number of nitrogens with one attached hydrogen (secondary N) is 1. The van der Waals surface area contributed by atoms with Crippen molar-refractivity contribution in [1.29, 1.82) is 0 Å². The van der Waals surface area contributed by atoms with Crippen LogP contribution in [0.3, 0.4) is 0 Å². The average Bonchev–Trinajstić information content (AvgIpc) is 2.78. The number of fused-ring (bicyclic) bond motifs is 1. The molecule has 0 saturated heterocycles. The molecule has 3 rings (SSSR count). The molecule has 0 radical (unpaired) electrons. The van der Waals surface area contributed by atoms with Crippen LogP contribution in [0.4, 0.5) is 8.78 Å². The molecule has 1 aliphatic rings. The van der Waals surface area contributed by atoms with Crippen LogP contribution in [0.1, 0.15) is 29.3 Å². The lowest BCUT2D eigenvalue weighted by Gasteiger charge is -2.26. The fourth-order valence-electron chi connectivity index (χ4n) is 2.98. The van der Waals surface area contributed by atoms with Gasteiger partial charge in [-0.05, 0) is 36.5 Å². The van der Waals surface area contributed by atoms with Gasteiger partial charge in [-0.15, -0.1) is 0 Å². The minimum Gasteiger partial charge on any atom is -0.325 e. The minimum atomic E-state index is -0.581. The van der Waals surface area contributed by atoms with E-state index in [1.54, 1.807) is 10.8 Å². The number of nitrogens with zero attached hydrogens (tertiary/aromatic N) is 1. The van der Waals surface area contributed by atoms with Gasteiger partial charge in [-0.1, -0.05) is 0 Å². The number of benzene rings is 1. The van der Waals surface area contributed by atoms with Crippen LogP contribution in [0.2, 0.25) is 0 Å². The Kier molecular flexibility index (Phi) is 3.17. The first-order chi connectivity index (χ1) is 9.60. The number of nitrogens with two attached hydrogens (primary N) is 1. The Balaban J connectivity index is 2.00. The zero-order chi connectivity index (χ0) is 14.3. The third-order valence-corrected chi connectivity index (χ3v) is 3.90. The van der Waals surface area contributed by atoms with E-state index in [0.717, 1.165) is 6.07 Å². The predicted octanol–water partition coefficient (Wildman–Crippen LogP) is 1.64. The summed E-state index contributed by atoms with van der Waals surface area (Å²) in [7, 11) is 0. The van der Waals surface area contributed by atoms with E-state index < -0.39 is 11.6 Å². The molecule has 1 heterocycles. The summed E-state index contributed by atoms with van der Waals surface area (Å²) in [6.45, 7) is 0.250. The van der Waals surface area contributed by atoms with Gasteiger partial charge in [0.15, 0.2) is 0 Å². The molecule has 2 aromatic rings. The lowest BCUT2D eigenvalue weighted by atomic mass is 9.87. The molecule has 20 heavy (non-hydrogen) atoms. The van der Waals surface area contributed by atoms with E-state index in [1.807, 2.05) is 0 Å². The second-order valence-corrected chi connectivity index (χ2v) is 5.08. The van der Waals surface area contributed by atoms with Crippen molar-refractivity contribution in [2.45, 2.75) is 31.8 Å². The van der Waals surface area contributed by atoms with Crippen molar-refractivity contribution >= 4 is 0 Å². The van der Waals surface area contributed by atoms with Gasteiger partial charge in [0.1, 0.15) is 11.6 Å². The summed E-state index contributed by atoms with van der Waals surface area (Å²) < 4.78 is 28.6. The molecule has 0 fully saturated rings. The fraction of sp³-hybridized carbons (Fsp3) is 0.357. The third kappa shape index (κ3) is 2.06. The smallest absolute Gasteiger partial charge is 0.325 e. The largest absolute Gasteiger partial charge is 0.326 e. The van der Waals surface area contributed by atoms with E-state index in [0.29, 0.717) is 36.1 Å². The Labute approximate surface area is 114 Å². The van der Waals surface area contributed by atoms with Gasteiger partial charge in [-0.3, -0.25) is 4.57 Å². The number of aromatic nitrogens is 2. The van der Waals surface area contributed by atoms with Gasteiger partial charge < -0.3 is 10.7 Å². The first-order valence-electron chi connectivity index (χ1n) is 6.55. The highest BCUT2D eigenvalue weighted by atomic mass is 19.1. The van der Waals surface area contributed by atoms with Crippen molar-refractivity contribution in [3.05, 3.63) is 57.3 Å². The molecule has 1 aliphatic carbocycles. The topological polar surface area (TPSA) is 63.8 Å². The fourth-order valence-corrected chi connectivity index (χ4v) is 2.98. The maximum absolute atomic E-state index is 13.7. The molecular weight excluding hydrogens is 264 g/mol. The number of hydrogen-bond acceptors (Lipinski definition) is 2. The van der Waals surface area contributed by atoms with E-state index in [-0.39, 0.29) is 18.3 Å². The lowest BCUT2D eigenvalue weighted by molar-refractivity contribution is 0.411. The number of imidazole rings is 1. The molecule has 106 valence electrons. The highest BCUT2D eigenvalue weighted by molar-refractivity contribution is 5.32. The molecule has 4 nitrogen and oxygen atoms in total. The van der Waals surface area contributed by atoms with Gasteiger partial charge in [0.25, 0.3) is 0 Å². The molecule has 1 unspecified atom stereocenters. The highest BCUT2D eigenvalue weighted by Gasteiger charge is 2.25. The Morgan fingerprint density at radius 1 is 1.40 bits per heavy atom. The Morgan fingerprint density at radius 2 is 2.20 bits per heavy atom. The quantitative estimate of drug-likeness (QED) is 0.878. The molecule has 0 saturated carbocycles. The second-order valence-electron chi connectivity index (χ2n) is 5.08. The lowest BCUT2D eigenvalue weighted by Crippen LogP contribution is -2.29. The second kappa shape index (κ2) is 4.86. The van der Waals surface area contributed by atoms with Crippen molar-refractivity contribution in [3.8, 4) is 0 Å². The monoisotopic (exact) mass is 279 g/mol. The van der Waals surface area contributed by atoms with E-state index in [9.17, 15) is 13.6 Å². The van der Waals surface area contributed by atoms with Crippen LogP contribution in [-0.2, 0) is 19.4 Å². The zero-order valence-corrected chi connectivity index (χ0v) is 10.8. The highest BCUT2D eigenvalue weighted by Crippen LogP contribution is 2.31. The van der Waals surface area contributed by atoms with Crippen LogP contribution in [0, 0.1) is 11.6 Å². The summed E-state index contributed by atoms with van der Waals surface area (Å²) >= 11 is 0. The molecule has 0 bridgehead atoms. The van der Waals surface area contributed by atoms with Gasteiger partial charge in [0.2, 0.25) is 0 Å². The normalized spacial score (nSPS) is 18.1. The molecule has 6 heteroatoms. The first kappa shape index (κ1) is 13.1. The van der Waals surface area contributed by atoms with Crippen molar-refractivity contribution in [2.75, 3.05) is 0 Å². The molecule has 1 atom stereocenters. The van der Waals surface area contributed by atoms with E-state index in [2.05, 4.69) is 4.98 Å². The number of aromatic amines is 1. The Hall–Kier alpha value is -1.95. The van der Waals surface area contributed by atoms with Crippen LogP contribution in [-0.4, -0.2) is 9.55 Å². The number of H-pyrrole nitrogens is 1. The summed E-state index contributed by atoms with van der Waals surface area (Å²) in [5.41, 5.74) is 7.29. The number of rotatable bonds is 2. The van der Waals surface area contributed by atoms with E-state index in [1.165, 1.54) is 6.07 Å². The minimum absolute atomic E-state index is 0.110. The Bertz CT molecular complexity index is 705. The Morgan fingerprint density at radius 3 is 2.95 bits per heavy atom. The molecule has 1 aromatic carbocycles. The van der Waals surface area contributed by atoms with Crippen LogP contribution in [0.25, 0.3) is 0 Å². The molecular formula is C14H15F2N3O. The number of halogens is 2. The van der Waals surface area contributed by atoms with Gasteiger partial charge in [0, 0.05) is 24.8 Å². The van der Waals surface area contributed by atoms with Crippen LogP contribution >= 0.6 is 0 Å². The van der Waals surface area contributed by atoms with Crippen molar-refractivity contribution in [1.82, 2.24) is 9.55 Å². The van der Waals surface area contributed by atoms with Gasteiger partial charge in [-0.2, -0.15) is 0 Å². The first-order valence-corrected chi connectivity index (χ1v) is 6.55. The molecule has 1 aromatic heterocycles. The molecule has 3 N–H and O–H groups in total. The predicted molar refractivity (Wildman–Crippen MR) is 70.4 cm³/mol.